The van der Waals surface area contributed by atoms with Crippen LogP contribution in [-0.4, -0.2) is 47.8 Å². The van der Waals surface area contributed by atoms with E-state index in [4.69, 9.17) is 14.0 Å². The molecule has 1 aliphatic rings. The standard InChI is InChI=1S/C22H22F3N3O4/c1-13-20-15(22(23,24)25)10-16(26-21(20)32-27-13)14-6-5-9-28(11-14)19(29)12-31-18-8-4-3-7-17(18)30-2/h3-4,7-8,10,14H,5-6,9,11-12H2,1-2H3/t14-/m0/s1. The molecule has 0 unspecified atom stereocenters. The maximum Gasteiger partial charge on any atom is 0.417 e. The number of carbonyl (C=O) groups excluding carboxylic acids is 1. The Morgan fingerprint density at radius 2 is 2.03 bits per heavy atom. The van der Waals surface area contributed by atoms with Crippen LogP contribution in [0.5, 0.6) is 11.5 Å². The second-order valence-electron chi connectivity index (χ2n) is 7.66. The van der Waals surface area contributed by atoms with E-state index in [2.05, 4.69) is 10.1 Å². The van der Waals surface area contributed by atoms with E-state index in [1.165, 1.54) is 14.0 Å². The number of hydrogen-bond acceptors (Lipinski definition) is 6. The minimum absolute atomic E-state index is 0.129. The van der Waals surface area contributed by atoms with Crippen molar-refractivity contribution in [3.8, 4) is 11.5 Å². The van der Waals surface area contributed by atoms with E-state index in [0.29, 0.717) is 30.9 Å². The van der Waals surface area contributed by atoms with Crippen LogP contribution < -0.4 is 9.47 Å². The molecular weight excluding hydrogens is 427 g/mol. The molecule has 10 heteroatoms. The molecule has 1 fully saturated rings. The molecule has 170 valence electrons. The number of likely N-dealkylation sites (tertiary alicyclic amines) is 1. The maximum atomic E-state index is 13.7. The number of benzene rings is 1. The molecule has 7 nitrogen and oxygen atoms in total. The molecule has 0 saturated carbocycles. The quantitative estimate of drug-likeness (QED) is 0.577. The van der Waals surface area contributed by atoms with E-state index in [-0.39, 0.29) is 47.5 Å². The Kier molecular flexibility index (Phi) is 5.94. The molecule has 32 heavy (non-hydrogen) atoms. The number of fused-ring (bicyclic) bond motifs is 1. The summed E-state index contributed by atoms with van der Waals surface area (Å²) >= 11 is 0. The van der Waals surface area contributed by atoms with Crippen molar-refractivity contribution >= 4 is 17.0 Å². The van der Waals surface area contributed by atoms with Crippen LogP contribution in [0.2, 0.25) is 0 Å². The molecule has 2 aromatic heterocycles. The predicted molar refractivity (Wildman–Crippen MR) is 109 cm³/mol. The maximum absolute atomic E-state index is 13.7. The SMILES string of the molecule is COc1ccccc1OCC(=O)N1CCC[C@H](c2cc(C(F)(F)F)c3c(C)noc3n2)C1. The molecule has 1 amide bonds. The first-order chi connectivity index (χ1) is 15.3. The number of aromatic nitrogens is 2. The van der Waals surface area contributed by atoms with Gasteiger partial charge in [-0.25, -0.2) is 4.98 Å². The largest absolute Gasteiger partial charge is 0.493 e. The topological polar surface area (TPSA) is 77.7 Å². The van der Waals surface area contributed by atoms with Gasteiger partial charge < -0.3 is 18.9 Å². The van der Waals surface area contributed by atoms with E-state index >= 15 is 0 Å². The number of ether oxygens (including phenoxy) is 2. The average Bonchev–Trinajstić information content (AvgIpc) is 3.17. The lowest BCUT2D eigenvalue weighted by Gasteiger charge is -2.32. The molecule has 0 aliphatic carbocycles. The lowest BCUT2D eigenvalue weighted by atomic mass is 9.92. The number of para-hydroxylation sites is 2. The summed E-state index contributed by atoms with van der Waals surface area (Å²) in [6.07, 6.45) is -3.32. The van der Waals surface area contributed by atoms with Gasteiger partial charge in [-0.15, -0.1) is 0 Å². The third-order valence-electron chi connectivity index (χ3n) is 5.55. The van der Waals surface area contributed by atoms with Gasteiger partial charge in [0.25, 0.3) is 11.6 Å². The highest BCUT2D eigenvalue weighted by atomic mass is 19.4. The van der Waals surface area contributed by atoms with Crippen LogP contribution in [0.3, 0.4) is 0 Å². The van der Waals surface area contributed by atoms with Gasteiger partial charge in [0.2, 0.25) is 0 Å². The van der Waals surface area contributed by atoms with E-state index in [1.807, 2.05) is 0 Å². The molecule has 3 heterocycles. The second-order valence-corrected chi connectivity index (χ2v) is 7.66. The Morgan fingerprint density at radius 1 is 1.28 bits per heavy atom. The van der Waals surface area contributed by atoms with Gasteiger partial charge in [-0.05, 0) is 38.0 Å². The monoisotopic (exact) mass is 449 g/mol. The average molecular weight is 449 g/mol. The van der Waals surface area contributed by atoms with Crippen LogP contribution in [0.1, 0.15) is 35.7 Å². The molecule has 1 saturated heterocycles. The van der Waals surface area contributed by atoms with Gasteiger partial charge in [0.1, 0.15) is 0 Å². The summed E-state index contributed by atoms with van der Waals surface area (Å²) < 4.78 is 56.8. The van der Waals surface area contributed by atoms with Crippen LogP contribution in [0.4, 0.5) is 13.2 Å². The van der Waals surface area contributed by atoms with Gasteiger partial charge in [-0.1, -0.05) is 17.3 Å². The zero-order valence-corrected chi connectivity index (χ0v) is 17.6. The minimum Gasteiger partial charge on any atom is -0.493 e. The smallest absolute Gasteiger partial charge is 0.417 e. The first kappa shape index (κ1) is 21.9. The first-order valence-corrected chi connectivity index (χ1v) is 10.2. The van der Waals surface area contributed by atoms with Crippen molar-refractivity contribution in [2.24, 2.45) is 0 Å². The summed E-state index contributed by atoms with van der Waals surface area (Å²) in [5.74, 6) is 0.346. The first-order valence-electron chi connectivity index (χ1n) is 10.2. The number of carbonyl (C=O) groups is 1. The Morgan fingerprint density at radius 3 is 2.75 bits per heavy atom. The highest BCUT2D eigenvalue weighted by Gasteiger charge is 2.37. The fourth-order valence-electron chi connectivity index (χ4n) is 3.96. The highest BCUT2D eigenvalue weighted by Crippen LogP contribution is 2.38. The second kappa shape index (κ2) is 8.68. The van der Waals surface area contributed by atoms with Gasteiger partial charge in [0, 0.05) is 19.0 Å². The van der Waals surface area contributed by atoms with Crippen LogP contribution in [0.15, 0.2) is 34.9 Å². The predicted octanol–water partition coefficient (Wildman–Crippen LogP) is 4.34. The molecule has 0 N–H and O–H groups in total. The number of halogens is 3. The summed E-state index contributed by atoms with van der Waals surface area (Å²) in [6, 6.07) is 8.03. The molecule has 0 bridgehead atoms. The Labute approximate surface area is 182 Å². The minimum atomic E-state index is -4.57. The van der Waals surface area contributed by atoms with Gasteiger partial charge >= 0.3 is 6.18 Å². The molecular formula is C22H22F3N3O4. The third-order valence-corrected chi connectivity index (χ3v) is 5.55. The summed E-state index contributed by atoms with van der Waals surface area (Å²) in [6.45, 7) is 2.00. The summed E-state index contributed by atoms with van der Waals surface area (Å²) in [4.78, 5) is 18.6. The van der Waals surface area contributed by atoms with Gasteiger partial charge in [0.05, 0.1) is 29.4 Å². The lowest BCUT2D eigenvalue weighted by Crippen LogP contribution is -2.41. The van der Waals surface area contributed by atoms with Crippen LogP contribution in [0, 0.1) is 6.92 Å². The summed E-state index contributed by atoms with van der Waals surface area (Å²) in [5.41, 5.74) is -0.584. The number of nitrogens with zero attached hydrogens (tertiary/aromatic N) is 3. The normalized spacial score (nSPS) is 16.9. The fourth-order valence-corrected chi connectivity index (χ4v) is 3.96. The van der Waals surface area contributed by atoms with Crippen molar-refractivity contribution in [2.45, 2.75) is 31.9 Å². The Hall–Kier alpha value is -3.30. The van der Waals surface area contributed by atoms with Crippen molar-refractivity contribution in [2.75, 3.05) is 26.8 Å². The van der Waals surface area contributed by atoms with Crippen LogP contribution >= 0.6 is 0 Å². The number of aryl methyl sites for hydroxylation is 1. The molecule has 0 spiro atoms. The Bertz CT molecular complexity index is 1130. The lowest BCUT2D eigenvalue weighted by molar-refractivity contribution is -0.137. The van der Waals surface area contributed by atoms with Crippen molar-refractivity contribution < 1.29 is 32.0 Å². The fraction of sp³-hybridized carbons (Fsp3) is 0.409. The van der Waals surface area contributed by atoms with Crippen molar-refractivity contribution in [3.05, 3.63) is 47.3 Å². The van der Waals surface area contributed by atoms with Crippen molar-refractivity contribution in [1.82, 2.24) is 15.0 Å². The van der Waals surface area contributed by atoms with Gasteiger partial charge in [-0.2, -0.15) is 13.2 Å². The third kappa shape index (κ3) is 4.35. The van der Waals surface area contributed by atoms with E-state index in [0.717, 1.165) is 6.07 Å². The van der Waals surface area contributed by atoms with Crippen LogP contribution in [-0.2, 0) is 11.0 Å². The van der Waals surface area contributed by atoms with E-state index in [9.17, 15) is 18.0 Å². The van der Waals surface area contributed by atoms with E-state index < -0.39 is 11.7 Å². The molecule has 4 rings (SSSR count). The molecule has 3 aromatic rings. The van der Waals surface area contributed by atoms with Crippen LogP contribution in [0.25, 0.3) is 11.1 Å². The molecule has 1 aromatic carbocycles. The van der Waals surface area contributed by atoms with E-state index in [1.54, 1.807) is 29.2 Å². The number of rotatable bonds is 5. The zero-order valence-electron chi connectivity index (χ0n) is 17.6. The number of piperidine rings is 1. The van der Waals surface area contributed by atoms with Crippen molar-refractivity contribution in [1.29, 1.82) is 0 Å². The Balaban J connectivity index is 1.51. The number of amides is 1. The highest BCUT2D eigenvalue weighted by molar-refractivity contribution is 5.81. The summed E-state index contributed by atoms with van der Waals surface area (Å²) in [5, 5.41) is 3.51. The molecule has 0 radical (unpaired) electrons. The number of methoxy groups -OCH3 is 1. The van der Waals surface area contributed by atoms with Gasteiger partial charge in [-0.3, -0.25) is 4.79 Å². The molecule has 1 atom stereocenters. The number of hydrogen-bond donors (Lipinski definition) is 0. The number of alkyl halides is 3. The zero-order chi connectivity index (χ0) is 22.9. The van der Waals surface area contributed by atoms with Crippen molar-refractivity contribution in [3.63, 3.8) is 0 Å². The summed E-state index contributed by atoms with van der Waals surface area (Å²) in [7, 11) is 1.51. The molecule has 1 aliphatic heterocycles. The van der Waals surface area contributed by atoms with Gasteiger partial charge in [0.15, 0.2) is 18.1 Å². The number of pyridine rings is 1.